The molecule has 2 aromatic carbocycles. The van der Waals surface area contributed by atoms with Crippen LogP contribution < -0.4 is 19.5 Å². The Bertz CT molecular complexity index is 887. The summed E-state index contributed by atoms with van der Waals surface area (Å²) in [5, 5.41) is 2.89. The SMILES string of the molecule is CCCCCCCCOc1ccc(C=C2C(=O)Nc3cc(OC)c(OC)cc32)cc1. The predicted octanol–water partition coefficient (Wildman–Crippen LogP) is 5.94. The van der Waals surface area contributed by atoms with E-state index in [1.165, 1.54) is 32.1 Å². The number of rotatable bonds is 11. The van der Waals surface area contributed by atoms with Crippen LogP contribution in [0.3, 0.4) is 0 Å². The van der Waals surface area contributed by atoms with Crippen molar-refractivity contribution < 1.29 is 19.0 Å². The van der Waals surface area contributed by atoms with Gasteiger partial charge in [-0.05, 0) is 36.3 Å². The average Bonchev–Trinajstić information content (AvgIpc) is 3.07. The molecular formula is C25H31NO4. The van der Waals surface area contributed by atoms with Gasteiger partial charge in [0, 0.05) is 17.2 Å². The maximum Gasteiger partial charge on any atom is 0.256 e. The Morgan fingerprint density at radius 1 is 0.900 bits per heavy atom. The highest BCUT2D eigenvalue weighted by molar-refractivity contribution is 6.35. The quantitative estimate of drug-likeness (QED) is 0.369. The Labute approximate surface area is 179 Å². The summed E-state index contributed by atoms with van der Waals surface area (Å²) in [6, 6.07) is 11.4. The van der Waals surface area contributed by atoms with Crippen molar-refractivity contribution in [2.75, 3.05) is 26.1 Å². The summed E-state index contributed by atoms with van der Waals surface area (Å²) in [6.07, 6.45) is 9.36. The molecule has 0 fully saturated rings. The van der Waals surface area contributed by atoms with E-state index in [0.29, 0.717) is 17.1 Å². The Kier molecular flexibility index (Phi) is 7.77. The topological polar surface area (TPSA) is 56.8 Å². The van der Waals surface area contributed by atoms with Crippen molar-refractivity contribution in [3.8, 4) is 17.2 Å². The van der Waals surface area contributed by atoms with Crippen LogP contribution in [0, 0.1) is 0 Å². The average molecular weight is 410 g/mol. The number of unbranched alkanes of at least 4 members (excludes halogenated alkanes) is 5. The van der Waals surface area contributed by atoms with Gasteiger partial charge in [-0.2, -0.15) is 0 Å². The predicted molar refractivity (Wildman–Crippen MR) is 121 cm³/mol. The second kappa shape index (κ2) is 10.7. The van der Waals surface area contributed by atoms with Crippen LogP contribution in [-0.2, 0) is 4.79 Å². The first-order valence-electron chi connectivity index (χ1n) is 10.7. The number of nitrogens with one attached hydrogen (secondary N) is 1. The zero-order valence-electron chi connectivity index (χ0n) is 18.1. The lowest BCUT2D eigenvalue weighted by atomic mass is 10.0. The number of amides is 1. The number of carbonyl (C=O) groups is 1. The van der Waals surface area contributed by atoms with Gasteiger partial charge >= 0.3 is 0 Å². The van der Waals surface area contributed by atoms with Crippen molar-refractivity contribution in [2.24, 2.45) is 0 Å². The molecule has 0 radical (unpaired) electrons. The zero-order valence-corrected chi connectivity index (χ0v) is 18.1. The molecule has 1 aliphatic heterocycles. The minimum Gasteiger partial charge on any atom is -0.494 e. The molecule has 0 saturated carbocycles. The third-order valence-corrected chi connectivity index (χ3v) is 5.26. The lowest BCUT2D eigenvalue weighted by molar-refractivity contribution is -0.110. The number of hydrogen-bond donors (Lipinski definition) is 1. The first-order valence-corrected chi connectivity index (χ1v) is 10.7. The Morgan fingerprint density at radius 3 is 2.27 bits per heavy atom. The van der Waals surface area contributed by atoms with E-state index in [-0.39, 0.29) is 5.91 Å². The van der Waals surface area contributed by atoms with Crippen LogP contribution in [0.15, 0.2) is 36.4 Å². The number of hydrogen-bond acceptors (Lipinski definition) is 4. The lowest BCUT2D eigenvalue weighted by Gasteiger charge is -2.09. The van der Waals surface area contributed by atoms with Gasteiger partial charge in [-0.1, -0.05) is 51.2 Å². The highest BCUT2D eigenvalue weighted by Crippen LogP contribution is 2.41. The van der Waals surface area contributed by atoms with Gasteiger partial charge in [0.05, 0.1) is 26.5 Å². The molecule has 0 spiro atoms. The zero-order chi connectivity index (χ0) is 21.3. The fraction of sp³-hybridized carbons (Fsp3) is 0.400. The van der Waals surface area contributed by atoms with Crippen LogP contribution in [0.25, 0.3) is 11.6 Å². The van der Waals surface area contributed by atoms with E-state index < -0.39 is 0 Å². The fourth-order valence-electron chi connectivity index (χ4n) is 3.56. The number of carbonyl (C=O) groups excluding carboxylic acids is 1. The van der Waals surface area contributed by atoms with Crippen LogP contribution in [0.2, 0.25) is 0 Å². The molecule has 0 atom stereocenters. The van der Waals surface area contributed by atoms with Gasteiger partial charge in [0.1, 0.15) is 5.75 Å². The van der Waals surface area contributed by atoms with Crippen molar-refractivity contribution >= 4 is 23.2 Å². The van der Waals surface area contributed by atoms with E-state index >= 15 is 0 Å². The molecule has 2 aromatic rings. The lowest BCUT2D eigenvalue weighted by Crippen LogP contribution is -2.03. The van der Waals surface area contributed by atoms with E-state index in [1.54, 1.807) is 20.3 Å². The highest BCUT2D eigenvalue weighted by Gasteiger charge is 2.26. The van der Waals surface area contributed by atoms with Crippen molar-refractivity contribution in [3.63, 3.8) is 0 Å². The fourth-order valence-corrected chi connectivity index (χ4v) is 3.56. The molecule has 0 aromatic heterocycles. The Hall–Kier alpha value is -2.95. The van der Waals surface area contributed by atoms with Gasteiger partial charge < -0.3 is 19.5 Å². The van der Waals surface area contributed by atoms with Crippen LogP contribution in [-0.4, -0.2) is 26.7 Å². The Balaban J connectivity index is 1.63. The van der Waals surface area contributed by atoms with Crippen LogP contribution in [0.4, 0.5) is 5.69 Å². The first-order chi connectivity index (χ1) is 14.7. The smallest absolute Gasteiger partial charge is 0.256 e. The van der Waals surface area contributed by atoms with Gasteiger partial charge in [0.2, 0.25) is 0 Å². The Morgan fingerprint density at radius 2 is 1.57 bits per heavy atom. The molecule has 3 rings (SSSR count). The summed E-state index contributed by atoms with van der Waals surface area (Å²) in [4.78, 5) is 12.5. The number of benzene rings is 2. The van der Waals surface area contributed by atoms with Gasteiger partial charge in [-0.3, -0.25) is 4.79 Å². The number of ether oxygens (including phenoxy) is 3. The normalized spacial score (nSPS) is 13.8. The molecule has 0 unspecified atom stereocenters. The highest BCUT2D eigenvalue weighted by atomic mass is 16.5. The number of methoxy groups -OCH3 is 2. The third kappa shape index (κ3) is 5.35. The van der Waals surface area contributed by atoms with Crippen LogP contribution in [0.1, 0.15) is 56.6 Å². The van der Waals surface area contributed by atoms with E-state index in [9.17, 15) is 4.79 Å². The molecule has 30 heavy (non-hydrogen) atoms. The van der Waals surface area contributed by atoms with E-state index in [4.69, 9.17) is 14.2 Å². The molecule has 1 N–H and O–H groups in total. The maximum absolute atomic E-state index is 12.5. The molecule has 1 aliphatic rings. The summed E-state index contributed by atoms with van der Waals surface area (Å²) in [6.45, 7) is 2.97. The van der Waals surface area contributed by atoms with Gasteiger partial charge in [0.15, 0.2) is 11.5 Å². The summed E-state index contributed by atoms with van der Waals surface area (Å²) >= 11 is 0. The maximum atomic E-state index is 12.5. The van der Waals surface area contributed by atoms with Crippen molar-refractivity contribution in [2.45, 2.75) is 45.4 Å². The minimum absolute atomic E-state index is 0.135. The molecular weight excluding hydrogens is 378 g/mol. The van der Waals surface area contributed by atoms with Crippen molar-refractivity contribution in [1.82, 2.24) is 0 Å². The second-order valence-electron chi connectivity index (χ2n) is 7.45. The molecule has 5 heteroatoms. The van der Waals surface area contributed by atoms with Gasteiger partial charge in [-0.25, -0.2) is 0 Å². The van der Waals surface area contributed by atoms with E-state index in [0.717, 1.165) is 35.6 Å². The number of fused-ring (bicyclic) bond motifs is 1. The number of anilines is 1. The van der Waals surface area contributed by atoms with Gasteiger partial charge in [-0.15, -0.1) is 0 Å². The minimum atomic E-state index is -0.135. The monoisotopic (exact) mass is 409 g/mol. The summed E-state index contributed by atoms with van der Waals surface area (Å²) in [5.41, 5.74) is 3.07. The summed E-state index contributed by atoms with van der Waals surface area (Å²) in [7, 11) is 3.16. The van der Waals surface area contributed by atoms with Crippen LogP contribution >= 0.6 is 0 Å². The van der Waals surface area contributed by atoms with Crippen molar-refractivity contribution in [1.29, 1.82) is 0 Å². The second-order valence-corrected chi connectivity index (χ2v) is 7.45. The molecule has 1 heterocycles. The molecule has 0 bridgehead atoms. The van der Waals surface area contributed by atoms with Crippen molar-refractivity contribution in [3.05, 3.63) is 47.5 Å². The molecule has 1 amide bonds. The molecule has 5 nitrogen and oxygen atoms in total. The van der Waals surface area contributed by atoms with E-state index in [1.807, 2.05) is 36.4 Å². The molecule has 0 saturated heterocycles. The van der Waals surface area contributed by atoms with E-state index in [2.05, 4.69) is 12.2 Å². The molecule has 0 aliphatic carbocycles. The standard InChI is InChI=1S/C25H31NO4/c1-4-5-6-7-8-9-14-30-19-12-10-18(11-13-19)15-21-20-16-23(28-2)24(29-3)17-22(20)26-25(21)27/h10-13,15-17H,4-9,14H2,1-3H3,(H,26,27). The third-order valence-electron chi connectivity index (χ3n) is 5.26. The van der Waals surface area contributed by atoms with Crippen LogP contribution in [0.5, 0.6) is 17.2 Å². The van der Waals surface area contributed by atoms with Gasteiger partial charge in [0.25, 0.3) is 5.91 Å². The summed E-state index contributed by atoms with van der Waals surface area (Å²) < 4.78 is 16.5. The first kappa shape index (κ1) is 21.8. The molecule has 160 valence electrons. The largest absolute Gasteiger partial charge is 0.494 e. The summed E-state index contributed by atoms with van der Waals surface area (Å²) in [5.74, 6) is 1.90.